The molecule has 0 spiro atoms. The molecule has 1 heterocycles. The number of carbonyl (C=O) groups excluding carboxylic acids is 3. The second-order valence-electron chi connectivity index (χ2n) is 8.40. The van der Waals surface area contributed by atoms with Gasteiger partial charge in [0.25, 0.3) is 15.9 Å². The second kappa shape index (κ2) is 12.8. The van der Waals surface area contributed by atoms with Gasteiger partial charge in [0.05, 0.1) is 23.0 Å². The van der Waals surface area contributed by atoms with Gasteiger partial charge in [-0.05, 0) is 55.2 Å². The molecule has 2 aromatic carbocycles. The number of rotatable bonds is 11. The molecule has 3 rings (SSSR count). The molecule has 2 N–H and O–H groups in total. The van der Waals surface area contributed by atoms with Crippen molar-refractivity contribution in [2.24, 2.45) is 0 Å². The van der Waals surface area contributed by atoms with Crippen LogP contribution >= 0.6 is 0 Å². The Balaban J connectivity index is 1.52. The van der Waals surface area contributed by atoms with E-state index < -0.39 is 21.9 Å². The summed E-state index contributed by atoms with van der Waals surface area (Å²) < 4.78 is 32.5. The minimum atomic E-state index is -4.13. The van der Waals surface area contributed by atoms with E-state index in [9.17, 15) is 22.8 Å². The number of carbonyl (C=O) groups is 3. The predicted molar refractivity (Wildman–Crippen MR) is 137 cm³/mol. The first kappa shape index (κ1) is 27.5. The van der Waals surface area contributed by atoms with Crippen LogP contribution in [0.1, 0.15) is 52.2 Å². The van der Waals surface area contributed by atoms with Crippen LogP contribution in [-0.4, -0.2) is 43.8 Å². The summed E-state index contributed by atoms with van der Waals surface area (Å²) in [5, 5.41) is 2.84. The Labute approximate surface area is 216 Å². The first-order valence-corrected chi connectivity index (χ1v) is 13.3. The van der Waals surface area contributed by atoms with Crippen LogP contribution < -0.4 is 10.0 Å². The Bertz CT molecular complexity index is 1320. The van der Waals surface area contributed by atoms with Crippen LogP contribution in [0.15, 0.2) is 77.8 Å². The van der Waals surface area contributed by atoms with Crippen molar-refractivity contribution < 1.29 is 27.5 Å². The van der Waals surface area contributed by atoms with E-state index in [4.69, 9.17) is 4.74 Å². The topological polar surface area (TPSA) is 132 Å². The van der Waals surface area contributed by atoms with Crippen molar-refractivity contribution >= 4 is 27.8 Å². The highest BCUT2D eigenvalue weighted by atomic mass is 32.2. The largest absolute Gasteiger partial charge is 0.458 e. The SMILES string of the molecule is CCC(C)OC(=O)c1ccc(C(=O)NS(=O)(=O)c2ccc(CCNC(=O)Cc3ccccc3)cc2)cn1. The Morgan fingerprint density at radius 3 is 2.27 bits per heavy atom. The standard InChI is InChI=1S/C27H29N3O6S/c1-3-19(2)36-27(33)24-14-11-22(18-29-24)26(32)30-37(34,35)23-12-9-20(10-13-23)15-16-28-25(31)17-21-7-5-4-6-8-21/h4-14,18-19H,3,15-17H2,1-2H3,(H,28,31)(H,30,32). The summed E-state index contributed by atoms with van der Waals surface area (Å²) >= 11 is 0. The average Bonchev–Trinajstić information content (AvgIpc) is 2.89. The molecule has 0 saturated carbocycles. The quantitative estimate of drug-likeness (QED) is 0.369. The summed E-state index contributed by atoms with van der Waals surface area (Å²) in [6, 6.07) is 18.1. The summed E-state index contributed by atoms with van der Waals surface area (Å²) in [4.78, 5) is 40.3. The number of esters is 1. The molecule has 0 fully saturated rings. The first-order valence-electron chi connectivity index (χ1n) is 11.8. The highest BCUT2D eigenvalue weighted by Gasteiger charge is 2.20. The number of sulfonamides is 1. The fraction of sp³-hybridized carbons (Fsp3) is 0.259. The molecule has 1 aromatic heterocycles. The number of benzene rings is 2. The maximum absolute atomic E-state index is 12.7. The number of pyridine rings is 1. The average molecular weight is 524 g/mol. The lowest BCUT2D eigenvalue weighted by atomic mass is 10.1. The summed E-state index contributed by atoms with van der Waals surface area (Å²) in [6.07, 6.45) is 2.30. The molecule has 0 aliphatic heterocycles. The van der Waals surface area contributed by atoms with Gasteiger partial charge in [0.1, 0.15) is 5.69 Å². The molecule has 0 radical (unpaired) electrons. The zero-order valence-corrected chi connectivity index (χ0v) is 21.5. The molecular weight excluding hydrogens is 494 g/mol. The first-order chi connectivity index (χ1) is 17.7. The smallest absolute Gasteiger partial charge is 0.357 e. The van der Waals surface area contributed by atoms with Crippen LogP contribution in [0.25, 0.3) is 0 Å². The zero-order chi connectivity index (χ0) is 26.8. The summed E-state index contributed by atoms with van der Waals surface area (Å²) in [5.41, 5.74) is 1.75. The summed E-state index contributed by atoms with van der Waals surface area (Å²) in [5.74, 6) is -1.59. The number of nitrogens with zero attached hydrogens (tertiary/aromatic N) is 1. The summed E-state index contributed by atoms with van der Waals surface area (Å²) in [6.45, 7) is 4.03. The maximum Gasteiger partial charge on any atom is 0.357 e. The van der Waals surface area contributed by atoms with Gasteiger partial charge in [-0.15, -0.1) is 0 Å². The van der Waals surface area contributed by atoms with Gasteiger partial charge in [-0.2, -0.15) is 0 Å². The normalized spacial score (nSPS) is 11.8. The molecule has 1 unspecified atom stereocenters. The third kappa shape index (κ3) is 8.25. The van der Waals surface area contributed by atoms with Crippen molar-refractivity contribution in [1.29, 1.82) is 0 Å². The van der Waals surface area contributed by atoms with Crippen molar-refractivity contribution in [3.05, 3.63) is 95.3 Å². The maximum atomic E-state index is 12.7. The van der Waals surface area contributed by atoms with Gasteiger partial charge in [-0.25, -0.2) is 22.9 Å². The number of ether oxygens (including phenoxy) is 1. The van der Waals surface area contributed by atoms with Crippen LogP contribution in [0, 0.1) is 0 Å². The molecule has 37 heavy (non-hydrogen) atoms. The molecule has 0 saturated heterocycles. The van der Waals surface area contributed by atoms with Crippen LogP contribution in [-0.2, 0) is 32.4 Å². The Hall–Kier alpha value is -4.05. The highest BCUT2D eigenvalue weighted by molar-refractivity contribution is 7.90. The van der Waals surface area contributed by atoms with E-state index in [1.165, 1.54) is 24.3 Å². The van der Waals surface area contributed by atoms with E-state index in [-0.39, 0.29) is 34.6 Å². The number of hydrogen-bond acceptors (Lipinski definition) is 7. The third-order valence-electron chi connectivity index (χ3n) is 5.52. The fourth-order valence-corrected chi connectivity index (χ4v) is 4.21. The van der Waals surface area contributed by atoms with E-state index in [1.807, 2.05) is 42.0 Å². The van der Waals surface area contributed by atoms with Crippen molar-refractivity contribution in [2.45, 2.75) is 44.1 Å². The van der Waals surface area contributed by atoms with E-state index in [1.54, 1.807) is 19.1 Å². The summed E-state index contributed by atoms with van der Waals surface area (Å²) in [7, 11) is -4.13. The monoisotopic (exact) mass is 523 g/mol. The van der Waals surface area contributed by atoms with E-state index >= 15 is 0 Å². The molecule has 194 valence electrons. The predicted octanol–water partition coefficient (Wildman–Crippen LogP) is 3.06. The number of amides is 2. The van der Waals surface area contributed by atoms with Crippen LogP contribution in [0.5, 0.6) is 0 Å². The second-order valence-corrected chi connectivity index (χ2v) is 10.1. The van der Waals surface area contributed by atoms with Gasteiger partial charge >= 0.3 is 5.97 Å². The van der Waals surface area contributed by atoms with E-state index in [0.717, 1.165) is 17.3 Å². The molecule has 0 aliphatic carbocycles. The molecule has 1 atom stereocenters. The Morgan fingerprint density at radius 1 is 0.946 bits per heavy atom. The van der Waals surface area contributed by atoms with Crippen LogP contribution in [0.4, 0.5) is 0 Å². The van der Waals surface area contributed by atoms with Crippen molar-refractivity contribution in [2.75, 3.05) is 6.54 Å². The zero-order valence-electron chi connectivity index (χ0n) is 20.6. The van der Waals surface area contributed by atoms with Gasteiger partial charge in [-0.3, -0.25) is 9.59 Å². The lowest BCUT2D eigenvalue weighted by molar-refractivity contribution is -0.120. The van der Waals surface area contributed by atoms with Gasteiger partial charge in [0.2, 0.25) is 5.91 Å². The van der Waals surface area contributed by atoms with Gasteiger partial charge in [0.15, 0.2) is 0 Å². The Morgan fingerprint density at radius 2 is 1.65 bits per heavy atom. The molecule has 2 amide bonds. The van der Waals surface area contributed by atoms with E-state index in [0.29, 0.717) is 19.4 Å². The van der Waals surface area contributed by atoms with Crippen molar-refractivity contribution in [3.63, 3.8) is 0 Å². The Kier molecular flexibility index (Phi) is 9.51. The number of nitrogens with one attached hydrogen (secondary N) is 2. The fourth-order valence-electron chi connectivity index (χ4n) is 3.24. The molecule has 0 bridgehead atoms. The van der Waals surface area contributed by atoms with Crippen molar-refractivity contribution in [1.82, 2.24) is 15.0 Å². The third-order valence-corrected chi connectivity index (χ3v) is 6.87. The lowest BCUT2D eigenvalue weighted by Crippen LogP contribution is -2.30. The van der Waals surface area contributed by atoms with Crippen LogP contribution in [0.3, 0.4) is 0 Å². The van der Waals surface area contributed by atoms with Crippen molar-refractivity contribution in [3.8, 4) is 0 Å². The minimum absolute atomic E-state index is 0.0200. The lowest BCUT2D eigenvalue weighted by Gasteiger charge is -2.11. The van der Waals surface area contributed by atoms with Gasteiger partial charge in [-0.1, -0.05) is 49.4 Å². The molecular formula is C27H29N3O6S. The molecule has 0 aliphatic rings. The molecule has 10 heteroatoms. The molecule has 9 nitrogen and oxygen atoms in total. The molecule has 3 aromatic rings. The van der Waals surface area contributed by atoms with Gasteiger partial charge < -0.3 is 10.1 Å². The number of aromatic nitrogens is 1. The van der Waals surface area contributed by atoms with E-state index in [2.05, 4.69) is 10.3 Å². The number of hydrogen-bond donors (Lipinski definition) is 2. The van der Waals surface area contributed by atoms with Gasteiger partial charge in [0, 0.05) is 12.7 Å². The highest BCUT2D eigenvalue weighted by Crippen LogP contribution is 2.12. The minimum Gasteiger partial charge on any atom is -0.458 e. The van der Waals surface area contributed by atoms with Crippen LogP contribution in [0.2, 0.25) is 0 Å².